The number of benzene rings is 2. The van der Waals surface area contributed by atoms with E-state index in [0.717, 1.165) is 84.6 Å². The first kappa shape index (κ1) is 28.5. The highest BCUT2D eigenvalue weighted by molar-refractivity contribution is 5.71. The lowest BCUT2D eigenvalue weighted by Gasteiger charge is -2.31. The smallest absolute Gasteiger partial charge is 0.306 e. The Labute approximate surface area is 256 Å². The fourth-order valence-electron chi connectivity index (χ4n) is 6.97. The lowest BCUT2D eigenvalue weighted by molar-refractivity contribution is -0.142. The van der Waals surface area contributed by atoms with Gasteiger partial charge in [0.15, 0.2) is 0 Å². The second-order valence-corrected chi connectivity index (χ2v) is 12.4. The van der Waals surface area contributed by atoms with Gasteiger partial charge in [-0.25, -0.2) is 14.4 Å². The number of aryl methyl sites for hydroxylation is 1. The molecule has 0 bridgehead atoms. The number of methoxy groups -OCH3 is 1. The van der Waals surface area contributed by atoms with Crippen molar-refractivity contribution in [1.29, 1.82) is 0 Å². The average Bonchev–Trinajstić information content (AvgIpc) is 3.76. The quantitative estimate of drug-likeness (QED) is 0.240. The van der Waals surface area contributed by atoms with E-state index in [9.17, 15) is 9.90 Å². The molecule has 3 atom stereocenters. The van der Waals surface area contributed by atoms with E-state index >= 15 is 4.39 Å². The van der Waals surface area contributed by atoms with E-state index in [-0.39, 0.29) is 12.0 Å². The van der Waals surface area contributed by atoms with Crippen molar-refractivity contribution in [3.8, 4) is 22.8 Å². The van der Waals surface area contributed by atoms with E-state index in [1.165, 1.54) is 13.3 Å². The number of carboxylic acids is 1. The molecule has 0 radical (unpaired) electrons. The number of carboxylic acid groups (broad SMARTS) is 1. The van der Waals surface area contributed by atoms with Crippen molar-refractivity contribution >= 4 is 5.97 Å². The van der Waals surface area contributed by atoms with Crippen LogP contribution in [0.15, 0.2) is 61.2 Å². The minimum atomic E-state index is -0.757. The fraction of sp³-hybridized carbons (Fsp3) is 0.400. The third-order valence-corrected chi connectivity index (χ3v) is 9.55. The van der Waals surface area contributed by atoms with E-state index in [2.05, 4.69) is 43.7 Å². The summed E-state index contributed by atoms with van der Waals surface area (Å²) in [4.78, 5) is 22.6. The molecule has 1 fully saturated rings. The summed E-state index contributed by atoms with van der Waals surface area (Å²) in [5, 5.41) is 9.78. The highest BCUT2D eigenvalue weighted by atomic mass is 19.1. The standard InChI is InChI=1S/C35H37FN4O4/c1-21(35(41)42)34(23-4-5-23)25-6-3-22-8-10-31(44-32(22)14-25)24-7-9-28(29-15-33(43-2)38-17-30(29)36)26(13-24)18-39-11-12-40-20-37-16-27(40)19-39/h3,6-7,9,13-17,20-21,23,31,34H,4-5,8,10-12,18-19H2,1-2H3,(H,41,42)/t21-,31?,34-/m0/s1. The van der Waals surface area contributed by atoms with Crippen LogP contribution >= 0.6 is 0 Å². The summed E-state index contributed by atoms with van der Waals surface area (Å²) >= 11 is 0. The molecular weight excluding hydrogens is 559 g/mol. The molecule has 3 aliphatic rings. The predicted octanol–water partition coefficient (Wildman–Crippen LogP) is 6.39. The molecule has 44 heavy (non-hydrogen) atoms. The van der Waals surface area contributed by atoms with E-state index in [1.807, 2.05) is 31.6 Å². The van der Waals surface area contributed by atoms with Crippen LogP contribution in [0.4, 0.5) is 4.39 Å². The number of halogens is 1. The van der Waals surface area contributed by atoms with Crippen molar-refractivity contribution in [1.82, 2.24) is 19.4 Å². The van der Waals surface area contributed by atoms with Crippen molar-refractivity contribution < 1.29 is 23.8 Å². The third kappa shape index (κ3) is 5.56. The minimum absolute atomic E-state index is 0.0132. The van der Waals surface area contributed by atoms with Crippen LogP contribution < -0.4 is 9.47 Å². The summed E-state index contributed by atoms with van der Waals surface area (Å²) in [6, 6.07) is 14.1. The molecule has 1 N–H and O–H groups in total. The number of pyridine rings is 1. The normalized spacial score (nSPS) is 19.4. The van der Waals surface area contributed by atoms with Gasteiger partial charge < -0.3 is 19.1 Å². The predicted molar refractivity (Wildman–Crippen MR) is 163 cm³/mol. The molecule has 2 aromatic carbocycles. The average molecular weight is 597 g/mol. The number of aromatic nitrogens is 3. The van der Waals surface area contributed by atoms with Crippen LogP contribution in [0, 0.1) is 17.7 Å². The van der Waals surface area contributed by atoms with Gasteiger partial charge in [0.05, 0.1) is 31.2 Å². The van der Waals surface area contributed by atoms with E-state index < -0.39 is 17.7 Å². The molecule has 0 spiro atoms. The Balaban J connectivity index is 1.21. The minimum Gasteiger partial charge on any atom is -0.485 e. The summed E-state index contributed by atoms with van der Waals surface area (Å²) in [5.74, 6) is -0.00396. The number of nitrogens with zero attached hydrogens (tertiary/aromatic N) is 4. The lowest BCUT2D eigenvalue weighted by atomic mass is 9.82. The van der Waals surface area contributed by atoms with Crippen LogP contribution in [-0.2, 0) is 30.8 Å². The molecule has 1 aliphatic carbocycles. The number of hydrogen-bond acceptors (Lipinski definition) is 6. The van der Waals surface area contributed by atoms with Crippen LogP contribution in [0.25, 0.3) is 11.1 Å². The van der Waals surface area contributed by atoms with Crippen molar-refractivity contribution in [2.75, 3.05) is 13.7 Å². The van der Waals surface area contributed by atoms with E-state index in [0.29, 0.717) is 23.9 Å². The van der Waals surface area contributed by atoms with Gasteiger partial charge in [-0.2, -0.15) is 0 Å². The summed E-state index contributed by atoms with van der Waals surface area (Å²) in [5.41, 5.74) is 6.67. The summed E-state index contributed by atoms with van der Waals surface area (Å²) in [6.45, 7) is 4.94. The Morgan fingerprint density at radius 2 is 1.98 bits per heavy atom. The van der Waals surface area contributed by atoms with Crippen LogP contribution in [0.5, 0.6) is 11.6 Å². The number of fused-ring (bicyclic) bond motifs is 2. The number of imidazole rings is 1. The zero-order valence-corrected chi connectivity index (χ0v) is 25.1. The molecule has 2 aromatic heterocycles. The van der Waals surface area contributed by atoms with Crippen LogP contribution in [0.3, 0.4) is 0 Å². The Bertz CT molecular complexity index is 1700. The zero-order valence-electron chi connectivity index (χ0n) is 25.1. The summed E-state index contributed by atoms with van der Waals surface area (Å²) in [6.07, 6.45) is 8.66. The fourth-order valence-corrected chi connectivity index (χ4v) is 6.97. The number of carbonyl (C=O) groups is 1. The molecule has 1 saturated carbocycles. The van der Waals surface area contributed by atoms with Crippen molar-refractivity contribution in [2.45, 2.75) is 64.3 Å². The Morgan fingerprint density at radius 1 is 1.11 bits per heavy atom. The molecule has 1 unspecified atom stereocenters. The van der Waals surface area contributed by atoms with Crippen molar-refractivity contribution in [3.05, 3.63) is 95.0 Å². The topological polar surface area (TPSA) is 89.7 Å². The Kier molecular flexibility index (Phi) is 7.58. The highest BCUT2D eigenvalue weighted by Crippen LogP contribution is 2.48. The monoisotopic (exact) mass is 596 g/mol. The number of rotatable bonds is 9. The molecule has 8 nitrogen and oxygen atoms in total. The molecule has 228 valence electrons. The Morgan fingerprint density at radius 3 is 2.77 bits per heavy atom. The second kappa shape index (κ2) is 11.7. The number of aliphatic carboxylic acids is 1. The maximum absolute atomic E-state index is 15.2. The van der Waals surface area contributed by atoms with Gasteiger partial charge >= 0.3 is 5.97 Å². The maximum atomic E-state index is 15.2. The van der Waals surface area contributed by atoms with Gasteiger partial charge in [0.25, 0.3) is 0 Å². The van der Waals surface area contributed by atoms with Gasteiger partial charge in [-0.3, -0.25) is 9.69 Å². The Hall–Kier alpha value is -4.24. The van der Waals surface area contributed by atoms with Crippen molar-refractivity contribution in [2.24, 2.45) is 11.8 Å². The summed E-state index contributed by atoms with van der Waals surface area (Å²) in [7, 11) is 1.53. The van der Waals surface area contributed by atoms with E-state index in [1.54, 1.807) is 6.07 Å². The molecule has 7 rings (SSSR count). The van der Waals surface area contributed by atoms with Crippen LogP contribution in [0.1, 0.15) is 66.2 Å². The first-order valence-corrected chi connectivity index (χ1v) is 15.4. The molecule has 0 saturated heterocycles. The zero-order chi connectivity index (χ0) is 30.4. The van der Waals surface area contributed by atoms with Gasteiger partial charge in [0.1, 0.15) is 17.7 Å². The first-order chi connectivity index (χ1) is 21.4. The number of ether oxygens (including phenoxy) is 2. The molecule has 4 aromatic rings. The van der Waals surface area contributed by atoms with Gasteiger partial charge in [0.2, 0.25) is 5.88 Å². The molecule has 4 heterocycles. The maximum Gasteiger partial charge on any atom is 0.306 e. The second-order valence-electron chi connectivity index (χ2n) is 12.4. The van der Waals surface area contributed by atoms with Gasteiger partial charge in [-0.1, -0.05) is 37.3 Å². The molecule has 9 heteroatoms. The van der Waals surface area contributed by atoms with Gasteiger partial charge in [-0.15, -0.1) is 0 Å². The SMILES string of the molecule is COc1cc(-c2ccc(C3CCc4ccc([C@H](C5CC5)[C@H](C)C(=O)O)cc4O3)cc2CN2CCn3cncc3C2)c(F)cn1. The molecule has 2 aliphatic heterocycles. The van der Waals surface area contributed by atoms with Gasteiger partial charge in [-0.05, 0) is 71.4 Å². The largest absolute Gasteiger partial charge is 0.485 e. The van der Waals surface area contributed by atoms with Crippen molar-refractivity contribution in [3.63, 3.8) is 0 Å². The van der Waals surface area contributed by atoms with Gasteiger partial charge in [0, 0.05) is 44.0 Å². The first-order valence-electron chi connectivity index (χ1n) is 15.4. The van der Waals surface area contributed by atoms with Crippen LogP contribution in [-0.4, -0.2) is 44.2 Å². The lowest BCUT2D eigenvalue weighted by Crippen LogP contribution is -2.32. The van der Waals surface area contributed by atoms with Crippen LogP contribution in [0.2, 0.25) is 0 Å². The van der Waals surface area contributed by atoms with E-state index in [4.69, 9.17) is 9.47 Å². The highest BCUT2D eigenvalue weighted by Gasteiger charge is 2.39. The summed E-state index contributed by atoms with van der Waals surface area (Å²) < 4.78 is 29.4. The molecular formula is C35H37FN4O4. The number of hydrogen-bond donors (Lipinski definition) is 1. The third-order valence-electron chi connectivity index (χ3n) is 9.55. The molecule has 0 amide bonds.